The van der Waals surface area contributed by atoms with E-state index in [1.807, 2.05) is 0 Å². The van der Waals surface area contributed by atoms with E-state index >= 15 is 0 Å². The molecule has 0 radical (unpaired) electrons. The van der Waals surface area contributed by atoms with Crippen molar-refractivity contribution in [3.63, 3.8) is 0 Å². The van der Waals surface area contributed by atoms with Crippen molar-refractivity contribution in [1.29, 1.82) is 0 Å². The number of halogens is 2. The maximum absolute atomic E-state index is 13.6. The monoisotopic (exact) mass is 270 g/mol. The molecule has 2 rings (SSSR count). The predicted octanol–water partition coefficient (Wildman–Crippen LogP) is 2.24. The molecule has 1 atom stereocenters. The number of benzene rings is 1. The van der Waals surface area contributed by atoms with Crippen LogP contribution in [0.1, 0.15) is 24.8 Å². The molecule has 1 fully saturated rings. The molecule has 0 aromatic heterocycles. The van der Waals surface area contributed by atoms with E-state index in [1.54, 1.807) is 12.1 Å². The van der Waals surface area contributed by atoms with E-state index < -0.39 is 0 Å². The largest absolute Gasteiger partial charge is 0.355 e. The summed E-state index contributed by atoms with van der Waals surface area (Å²) in [6, 6.07) is 4.34. The van der Waals surface area contributed by atoms with Crippen LogP contribution in [0.15, 0.2) is 18.2 Å². The topological polar surface area (TPSA) is 41.1 Å². The van der Waals surface area contributed by atoms with Crippen molar-refractivity contribution in [2.45, 2.75) is 31.8 Å². The Morgan fingerprint density at radius 3 is 3.06 bits per heavy atom. The minimum Gasteiger partial charge on any atom is -0.355 e. The van der Waals surface area contributed by atoms with Gasteiger partial charge in [0.2, 0.25) is 5.91 Å². The van der Waals surface area contributed by atoms with Gasteiger partial charge in [-0.25, -0.2) is 4.39 Å². The van der Waals surface area contributed by atoms with Crippen molar-refractivity contribution in [2.75, 3.05) is 6.54 Å². The third-order valence-electron chi connectivity index (χ3n) is 3.09. The third-order valence-corrected chi connectivity index (χ3v) is 3.32. The van der Waals surface area contributed by atoms with Crippen LogP contribution in [0.4, 0.5) is 4.39 Å². The molecule has 1 saturated heterocycles. The van der Waals surface area contributed by atoms with Gasteiger partial charge in [0.05, 0.1) is 6.04 Å². The second kappa shape index (κ2) is 6.16. The number of hydrogen-bond acceptors (Lipinski definition) is 2. The van der Waals surface area contributed by atoms with Crippen LogP contribution >= 0.6 is 11.6 Å². The minimum atomic E-state index is -0.343. The van der Waals surface area contributed by atoms with Crippen LogP contribution in [0, 0.1) is 5.82 Å². The molecule has 1 amide bonds. The van der Waals surface area contributed by atoms with Gasteiger partial charge in [-0.2, -0.15) is 0 Å². The Morgan fingerprint density at radius 1 is 1.44 bits per heavy atom. The highest BCUT2D eigenvalue weighted by atomic mass is 35.5. The fourth-order valence-electron chi connectivity index (χ4n) is 2.03. The summed E-state index contributed by atoms with van der Waals surface area (Å²) < 4.78 is 13.6. The first kappa shape index (κ1) is 13.3. The van der Waals surface area contributed by atoms with Crippen molar-refractivity contribution in [2.24, 2.45) is 0 Å². The second-order valence-electron chi connectivity index (χ2n) is 4.46. The summed E-state index contributed by atoms with van der Waals surface area (Å²) in [6.07, 6.45) is 2.79. The molecule has 1 unspecified atom stereocenters. The molecule has 1 aromatic carbocycles. The summed E-state index contributed by atoms with van der Waals surface area (Å²) >= 11 is 5.69. The van der Waals surface area contributed by atoms with Gasteiger partial charge in [0, 0.05) is 23.7 Å². The molecule has 1 aromatic rings. The Kier molecular flexibility index (Phi) is 4.55. The van der Waals surface area contributed by atoms with Crippen molar-refractivity contribution in [1.82, 2.24) is 10.6 Å². The zero-order chi connectivity index (χ0) is 13.0. The van der Waals surface area contributed by atoms with Gasteiger partial charge < -0.3 is 10.6 Å². The summed E-state index contributed by atoms with van der Waals surface area (Å²) in [6.45, 7) is 1.06. The van der Waals surface area contributed by atoms with E-state index in [0.29, 0.717) is 17.1 Å². The van der Waals surface area contributed by atoms with Gasteiger partial charge in [-0.05, 0) is 31.4 Å². The molecule has 0 saturated carbocycles. The van der Waals surface area contributed by atoms with Crippen LogP contribution in [0.5, 0.6) is 0 Å². The average Bonchev–Trinajstić information content (AvgIpc) is 2.53. The standard InChI is InChI=1S/C13H16ClFN2O/c14-10-5-4-9(11(15)7-10)8-17-12-3-1-2-6-16-13(12)18/h4-5,7,12,17H,1-3,6,8H2,(H,16,18). The van der Waals surface area contributed by atoms with Crippen molar-refractivity contribution >= 4 is 17.5 Å². The summed E-state index contributed by atoms with van der Waals surface area (Å²) in [5.74, 6) is -0.342. The van der Waals surface area contributed by atoms with E-state index in [-0.39, 0.29) is 17.8 Å². The van der Waals surface area contributed by atoms with Crippen molar-refractivity contribution in [3.05, 3.63) is 34.6 Å². The predicted molar refractivity (Wildman–Crippen MR) is 68.9 cm³/mol. The Bertz CT molecular complexity index is 439. The second-order valence-corrected chi connectivity index (χ2v) is 4.89. The van der Waals surface area contributed by atoms with Crippen LogP contribution in [0.2, 0.25) is 5.02 Å². The molecule has 3 nitrogen and oxygen atoms in total. The molecule has 0 spiro atoms. The highest BCUT2D eigenvalue weighted by molar-refractivity contribution is 6.30. The molecular formula is C13H16ClFN2O. The first-order valence-electron chi connectivity index (χ1n) is 6.12. The van der Waals surface area contributed by atoms with E-state index in [1.165, 1.54) is 6.07 Å². The maximum Gasteiger partial charge on any atom is 0.237 e. The van der Waals surface area contributed by atoms with Gasteiger partial charge in [0.25, 0.3) is 0 Å². The van der Waals surface area contributed by atoms with Crippen molar-refractivity contribution in [3.8, 4) is 0 Å². The molecule has 1 heterocycles. The zero-order valence-electron chi connectivity index (χ0n) is 10.0. The van der Waals surface area contributed by atoms with Crippen LogP contribution in [0.3, 0.4) is 0 Å². The van der Waals surface area contributed by atoms with Gasteiger partial charge >= 0.3 is 0 Å². The molecule has 18 heavy (non-hydrogen) atoms. The summed E-state index contributed by atoms with van der Waals surface area (Å²) in [4.78, 5) is 11.7. The fourth-order valence-corrected chi connectivity index (χ4v) is 2.19. The van der Waals surface area contributed by atoms with Crippen LogP contribution in [-0.2, 0) is 11.3 Å². The molecule has 0 bridgehead atoms. The van der Waals surface area contributed by atoms with Gasteiger partial charge in [0.1, 0.15) is 5.82 Å². The number of amides is 1. The number of rotatable bonds is 3. The van der Waals surface area contributed by atoms with Crippen molar-refractivity contribution < 1.29 is 9.18 Å². The Labute approximate surface area is 111 Å². The lowest BCUT2D eigenvalue weighted by Gasteiger charge is -2.15. The quantitative estimate of drug-likeness (QED) is 0.884. The molecule has 2 N–H and O–H groups in total. The van der Waals surface area contributed by atoms with E-state index in [2.05, 4.69) is 10.6 Å². The summed E-state index contributed by atoms with van der Waals surface area (Å²) in [7, 11) is 0. The van der Waals surface area contributed by atoms with Crippen LogP contribution in [-0.4, -0.2) is 18.5 Å². The van der Waals surface area contributed by atoms with E-state index in [9.17, 15) is 9.18 Å². The minimum absolute atomic E-state index is 0.00173. The van der Waals surface area contributed by atoms with E-state index in [4.69, 9.17) is 11.6 Å². The Balaban J connectivity index is 1.95. The first-order chi connectivity index (χ1) is 8.66. The van der Waals surface area contributed by atoms with Gasteiger partial charge in [-0.1, -0.05) is 17.7 Å². The highest BCUT2D eigenvalue weighted by Gasteiger charge is 2.20. The molecule has 5 heteroatoms. The van der Waals surface area contributed by atoms with Crippen LogP contribution < -0.4 is 10.6 Å². The summed E-state index contributed by atoms with van der Waals surface area (Å²) in [5, 5.41) is 6.31. The third kappa shape index (κ3) is 3.43. The number of hydrogen-bond donors (Lipinski definition) is 2. The van der Waals surface area contributed by atoms with Gasteiger partial charge in [-0.3, -0.25) is 4.79 Å². The lowest BCUT2D eigenvalue weighted by molar-refractivity contribution is -0.122. The SMILES string of the molecule is O=C1NCCCCC1NCc1ccc(Cl)cc1F. The van der Waals surface area contributed by atoms with Crippen LogP contribution in [0.25, 0.3) is 0 Å². The normalized spacial score (nSPS) is 20.3. The number of nitrogens with one attached hydrogen (secondary N) is 2. The number of carbonyl (C=O) groups is 1. The molecule has 1 aliphatic rings. The van der Waals surface area contributed by atoms with Gasteiger partial charge in [0.15, 0.2) is 0 Å². The average molecular weight is 271 g/mol. The Morgan fingerprint density at radius 2 is 2.28 bits per heavy atom. The lowest BCUT2D eigenvalue weighted by atomic mass is 10.1. The molecule has 0 aliphatic carbocycles. The first-order valence-corrected chi connectivity index (χ1v) is 6.49. The maximum atomic E-state index is 13.6. The lowest BCUT2D eigenvalue weighted by Crippen LogP contribution is -2.42. The smallest absolute Gasteiger partial charge is 0.237 e. The molecule has 98 valence electrons. The summed E-state index contributed by atoms with van der Waals surface area (Å²) in [5.41, 5.74) is 0.524. The Hall–Kier alpha value is -1.13. The zero-order valence-corrected chi connectivity index (χ0v) is 10.8. The highest BCUT2D eigenvalue weighted by Crippen LogP contribution is 2.15. The van der Waals surface area contributed by atoms with E-state index in [0.717, 1.165) is 25.8 Å². The fraction of sp³-hybridized carbons (Fsp3) is 0.462. The number of carbonyl (C=O) groups excluding carboxylic acids is 1. The van der Waals surface area contributed by atoms with Gasteiger partial charge in [-0.15, -0.1) is 0 Å². The molecule has 1 aliphatic heterocycles. The molecular weight excluding hydrogens is 255 g/mol.